The van der Waals surface area contributed by atoms with Crippen LogP contribution in [0.15, 0.2) is 76.1 Å². The molecule has 4 aromatic rings. The van der Waals surface area contributed by atoms with Crippen LogP contribution in [0.25, 0.3) is 22.3 Å². The van der Waals surface area contributed by atoms with E-state index in [1.165, 1.54) is 11.1 Å². The third-order valence-electron chi connectivity index (χ3n) is 5.06. The predicted molar refractivity (Wildman–Crippen MR) is 116 cm³/mol. The zero-order valence-corrected chi connectivity index (χ0v) is 17.0. The Bertz CT molecular complexity index is 1240. The van der Waals surface area contributed by atoms with Crippen LogP contribution in [0.5, 0.6) is 11.5 Å². The van der Waals surface area contributed by atoms with Gasteiger partial charge in [-0.15, -0.1) is 0 Å². The minimum absolute atomic E-state index is 0.743. The molecule has 1 aromatic heterocycles. The second-order valence-electron chi connectivity index (χ2n) is 6.97. The van der Waals surface area contributed by atoms with Crippen molar-refractivity contribution in [3.05, 3.63) is 83.2 Å². The van der Waals surface area contributed by atoms with Crippen molar-refractivity contribution in [1.29, 1.82) is 0 Å². The first-order valence-electron chi connectivity index (χ1n) is 9.45. The highest BCUT2D eigenvalue weighted by molar-refractivity contribution is 5.80. The van der Waals surface area contributed by atoms with Crippen molar-refractivity contribution in [2.75, 3.05) is 14.2 Å². The summed E-state index contributed by atoms with van der Waals surface area (Å²) in [6, 6.07) is 21.8. The molecule has 4 rings (SSSR count). The number of hydrogen-bond donors (Lipinski definition) is 0. The minimum atomic E-state index is 0.743. The Kier molecular flexibility index (Phi) is 5.09. The number of nitrogens with zero attached hydrogens (tertiary/aromatic N) is 1. The molecule has 0 spiro atoms. The number of hydrogen-bond acceptors (Lipinski definition) is 4. The fourth-order valence-corrected chi connectivity index (χ4v) is 3.20. The molecule has 0 aliphatic heterocycles. The van der Waals surface area contributed by atoms with E-state index in [9.17, 15) is 0 Å². The molecule has 0 unspecified atom stereocenters. The van der Waals surface area contributed by atoms with Crippen LogP contribution in [-0.4, -0.2) is 14.2 Å². The lowest BCUT2D eigenvalue weighted by Gasteiger charge is -2.08. The van der Waals surface area contributed by atoms with E-state index < -0.39 is 0 Å². The van der Waals surface area contributed by atoms with E-state index in [4.69, 9.17) is 18.9 Å². The number of aryl methyl sites for hydroxylation is 2. The van der Waals surface area contributed by atoms with Crippen molar-refractivity contribution in [2.45, 2.75) is 13.8 Å². The average molecular weight is 385 g/mol. The first-order valence-corrected chi connectivity index (χ1v) is 9.45. The summed E-state index contributed by atoms with van der Waals surface area (Å²) in [5, 5.41) is 1.74. The Morgan fingerprint density at radius 3 is 2.14 bits per heavy atom. The van der Waals surface area contributed by atoms with Crippen LogP contribution < -0.4 is 14.8 Å². The molecule has 0 fully saturated rings. The SMILES string of the molecule is COc1ccc(-c2cc(=Nc3ccc(C)c(C)c3)c3cc(OC)ccc3o2)cc1. The van der Waals surface area contributed by atoms with Gasteiger partial charge < -0.3 is 13.9 Å². The van der Waals surface area contributed by atoms with Gasteiger partial charge in [-0.1, -0.05) is 6.07 Å². The lowest BCUT2D eigenvalue weighted by atomic mass is 10.1. The van der Waals surface area contributed by atoms with Crippen LogP contribution in [0.2, 0.25) is 0 Å². The normalized spacial score (nSPS) is 11.7. The quantitative estimate of drug-likeness (QED) is 0.435. The van der Waals surface area contributed by atoms with Crippen LogP contribution in [0.4, 0.5) is 5.69 Å². The van der Waals surface area contributed by atoms with Gasteiger partial charge in [0, 0.05) is 17.0 Å². The zero-order valence-electron chi connectivity index (χ0n) is 17.0. The summed E-state index contributed by atoms with van der Waals surface area (Å²) in [7, 11) is 3.31. The van der Waals surface area contributed by atoms with Crippen LogP contribution in [0.3, 0.4) is 0 Å². The van der Waals surface area contributed by atoms with Crippen molar-refractivity contribution in [1.82, 2.24) is 0 Å². The van der Waals surface area contributed by atoms with Crippen molar-refractivity contribution in [3.63, 3.8) is 0 Å². The number of methoxy groups -OCH3 is 2. The number of ether oxygens (including phenoxy) is 2. The molecule has 0 atom stereocenters. The fraction of sp³-hybridized carbons (Fsp3) is 0.160. The topological polar surface area (TPSA) is 44.0 Å². The van der Waals surface area contributed by atoms with Crippen LogP contribution >= 0.6 is 0 Å². The number of rotatable bonds is 4. The van der Waals surface area contributed by atoms with Crippen molar-refractivity contribution >= 4 is 16.7 Å². The highest BCUT2D eigenvalue weighted by Gasteiger charge is 2.08. The molecule has 0 aliphatic rings. The zero-order chi connectivity index (χ0) is 20.4. The van der Waals surface area contributed by atoms with Gasteiger partial charge in [0.25, 0.3) is 0 Å². The van der Waals surface area contributed by atoms with Crippen LogP contribution in [0.1, 0.15) is 11.1 Å². The highest BCUT2D eigenvalue weighted by atomic mass is 16.5. The molecule has 29 heavy (non-hydrogen) atoms. The molecule has 4 heteroatoms. The van der Waals surface area contributed by atoms with E-state index in [1.54, 1.807) is 14.2 Å². The average Bonchev–Trinajstić information content (AvgIpc) is 2.76. The van der Waals surface area contributed by atoms with Gasteiger partial charge in [0.2, 0.25) is 0 Å². The summed E-state index contributed by atoms with van der Waals surface area (Å²) in [6.07, 6.45) is 0. The Labute approximate surface area is 170 Å². The summed E-state index contributed by atoms with van der Waals surface area (Å²) in [6.45, 7) is 4.20. The van der Waals surface area contributed by atoms with Crippen molar-refractivity contribution in [2.24, 2.45) is 4.99 Å². The number of fused-ring (bicyclic) bond motifs is 1. The van der Waals surface area contributed by atoms with Gasteiger partial charge in [0.1, 0.15) is 22.8 Å². The standard InChI is InChI=1S/C25H23NO3/c1-16-5-8-19(13-17(16)2)26-23-15-25(18-6-9-20(27-3)10-7-18)29-24-12-11-21(28-4)14-22(23)24/h5-15H,1-4H3. The molecule has 0 amide bonds. The highest BCUT2D eigenvalue weighted by Crippen LogP contribution is 2.27. The smallest absolute Gasteiger partial charge is 0.137 e. The molecule has 4 nitrogen and oxygen atoms in total. The first-order chi connectivity index (χ1) is 14.1. The van der Waals surface area contributed by atoms with Gasteiger partial charge in [-0.05, 0) is 79.6 Å². The van der Waals surface area contributed by atoms with Crippen molar-refractivity contribution in [3.8, 4) is 22.8 Å². The molecule has 0 N–H and O–H groups in total. The Hall–Kier alpha value is -3.53. The predicted octanol–water partition coefficient (Wildman–Crippen LogP) is 5.97. The maximum absolute atomic E-state index is 6.19. The van der Waals surface area contributed by atoms with E-state index in [0.717, 1.165) is 44.8 Å². The maximum Gasteiger partial charge on any atom is 0.137 e. The van der Waals surface area contributed by atoms with Crippen LogP contribution in [-0.2, 0) is 0 Å². The Balaban J connectivity index is 1.95. The van der Waals surface area contributed by atoms with Crippen molar-refractivity contribution < 1.29 is 13.9 Å². The van der Waals surface area contributed by atoms with E-state index in [1.807, 2.05) is 54.6 Å². The Morgan fingerprint density at radius 1 is 0.724 bits per heavy atom. The van der Waals surface area contributed by atoms with E-state index >= 15 is 0 Å². The van der Waals surface area contributed by atoms with Gasteiger partial charge in [-0.3, -0.25) is 0 Å². The largest absolute Gasteiger partial charge is 0.497 e. The lowest BCUT2D eigenvalue weighted by Crippen LogP contribution is -2.03. The van der Waals surface area contributed by atoms with E-state index in [0.29, 0.717) is 0 Å². The molecule has 0 saturated carbocycles. The summed E-state index contributed by atoms with van der Waals surface area (Å²) in [4.78, 5) is 4.93. The molecule has 3 aromatic carbocycles. The molecule has 146 valence electrons. The third-order valence-corrected chi connectivity index (χ3v) is 5.06. The molecule has 1 heterocycles. The summed E-state index contributed by atoms with van der Waals surface area (Å²) < 4.78 is 16.9. The molecular formula is C25H23NO3. The van der Waals surface area contributed by atoms with E-state index in [-0.39, 0.29) is 0 Å². The number of benzene rings is 3. The van der Waals surface area contributed by atoms with Gasteiger partial charge in [0.05, 0.1) is 25.3 Å². The second-order valence-corrected chi connectivity index (χ2v) is 6.97. The summed E-state index contributed by atoms with van der Waals surface area (Å²) in [5.74, 6) is 2.31. The monoisotopic (exact) mass is 385 g/mol. The molecule has 0 saturated heterocycles. The molecule has 0 bridgehead atoms. The summed E-state index contributed by atoms with van der Waals surface area (Å²) >= 11 is 0. The van der Waals surface area contributed by atoms with E-state index in [2.05, 4.69) is 26.0 Å². The second kappa shape index (κ2) is 7.84. The maximum atomic E-state index is 6.19. The first kappa shape index (κ1) is 18.8. The van der Waals surface area contributed by atoms with Gasteiger partial charge in [-0.25, -0.2) is 4.99 Å². The molecule has 0 aliphatic carbocycles. The lowest BCUT2D eigenvalue weighted by molar-refractivity contribution is 0.414. The minimum Gasteiger partial charge on any atom is -0.497 e. The van der Waals surface area contributed by atoms with Gasteiger partial charge in [-0.2, -0.15) is 0 Å². The fourth-order valence-electron chi connectivity index (χ4n) is 3.20. The molecular weight excluding hydrogens is 362 g/mol. The van der Waals surface area contributed by atoms with Crippen LogP contribution in [0, 0.1) is 13.8 Å². The van der Waals surface area contributed by atoms with Gasteiger partial charge >= 0.3 is 0 Å². The Morgan fingerprint density at radius 2 is 1.45 bits per heavy atom. The third kappa shape index (κ3) is 3.87. The van der Waals surface area contributed by atoms with Gasteiger partial charge in [0.15, 0.2) is 0 Å². The molecule has 0 radical (unpaired) electrons. The summed E-state index contributed by atoms with van der Waals surface area (Å²) in [5.41, 5.74) is 5.08.